The summed E-state index contributed by atoms with van der Waals surface area (Å²) in [5, 5.41) is 0.817. The largest absolute Gasteiger partial charge is 0.328 e. The Morgan fingerprint density at radius 2 is 1.71 bits per heavy atom. The second kappa shape index (κ2) is 4.60. The minimum Gasteiger partial charge on any atom is -0.328 e. The van der Waals surface area contributed by atoms with E-state index < -0.39 is 0 Å². The van der Waals surface area contributed by atoms with Gasteiger partial charge >= 0.3 is 0 Å². The first-order valence-corrected chi connectivity index (χ1v) is 6.86. The normalized spacial score (nSPS) is 32.9. The molecular weight excluding hydrogens is 232 g/mol. The van der Waals surface area contributed by atoms with Crippen molar-refractivity contribution in [2.45, 2.75) is 50.4 Å². The zero-order valence-corrected chi connectivity index (χ0v) is 10.7. The van der Waals surface area contributed by atoms with E-state index in [0.717, 1.165) is 11.6 Å². The lowest BCUT2D eigenvalue weighted by atomic mass is 9.97. The van der Waals surface area contributed by atoms with Crippen molar-refractivity contribution in [2.24, 2.45) is 5.73 Å². The van der Waals surface area contributed by atoms with E-state index in [0.29, 0.717) is 18.1 Å². The highest BCUT2D eigenvalue weighted by molar-refractivity contribution is 6.30. The lowest BCUT2D eigenvalue weighted by molar-refractivity contribution is 0.120. The van der Waals surface area contributed by atoms with Crippen LogP contribution in [0, 0.1) is 0 Å². The van der Waals surface area contributed by atoms with Gasteiger partial charge in [0.25, 0.3) is 0 Å². The first-order valence-electron chi connectivity index (χ1n) is 6.48. The number of hydrogen-bond donors (Lipinski definition) is 1. The van der Waals surface area contributed by atoms with E-state index in [1.807, 2.05) is 12.1 Å². The van der Waals surface area contributed by atoms with Crippen LogP contribution in [0.5, 0.6) is 0 Å². The Morgan fingerprint density at radius 3 is 2.29 bits per heavy atom. The SMILES string of the molecule is N[C@H]1C[C@H]2CC[C@@H](C1)N2Cc1ccc(Cl)cc1. The van der Waals surface area contributed by atoms with E-state index in [9.17, 15) is 0 Å². The lowest BCUT2D eigenvalue weighted by Crippen LogP contribution is -2.46. The maximum Gasteiger partial charge on any atom is 0.0406 e. The van der Waals surface area contributed by atoms with Crippen molar-refractivity contribution >= 4 is 11.6 Å². The molecule has 2 heterocycles. The Morgan fingerprint density at radius 1 is 1.12 bits per heavy atom. The summed E-state index contributed by atoms with van der Waals surface area (Å²) in [6.07, 6.45) is 4.99. The van der Waals surface area contributed by atoms with Crippen molar-refractivity contribution in [3.05, 3.63) is 34.9 Å². The van der Waals surface area contributed by atoms with Crippen LogP contribution >= 0.6 is 11.6 Å². The van der Waals surface area contributed by atoms with Crippen molar-refractivity contribution in [1.82, 2.24) is 4.90 Å². The fraction of sp³-hybridized carbons (Fsp3) is 0.571. The Kier molecular flexibility index (Phi) is 3.12. The summed E-state index contributed by atoms with van der Waals surface area (Å²) in [6, 6.07) is 10.1. The first kappa shape index (κ1) is 11.5. The standard InChI is InChI=1S/C14H19ClN2/c15-11-3-1-10(2-4-11)9-17-13-5-6-14(17)8-12(16)7-13/h1-4,12-14H,5-9,16H2/t12-,13+,14-. The second-order valence-electron chi connectivity index (χ2n) is 5.42. The molecule has 0 aliphatic carbocycles. The molecule has 3 heteroatoms. The third-order valence-electron chi connectivity index (χ3n) is 4.20. The van der Waals surface area contributed by atoms with Gasteiger partial charge in [0, 0.05) is 29.7 Å². The molecule has 0 unspecified atom stereocenters. The predicted octanol–water partition coefficient (Wildman–Crippen LogP) is 2.79. The molecule has 1 aromatic rings. The maximum atomic E-state index is 6.09. The summed E-state index contributed by atoms with van der Waals surface area (Å²) in [7, 11) is 0. The summed E-state index contributed by atoms with van der Waals surface area (Å²) in [5.41, 5.74) is 7.45. The molecule has 2 nitrogen and oxygen atoms in total. The Balaban J connectivity index is 1.72. The van der Waals surface area contributed by atoms with Crippen LogP contribution < -0.4 is 5.73 Å². The van der Waals surface area contributed by atoms with Crippen molar-refractivity contribution in [3.8, 4) is 0 Å². The van der Waals surface area contributed by atoms with Gasteiger partial charge in [-0.05, 0) is 43.4 Å². The quantitative estimate of drug-likeness (QED) is 0.875. The van der Waals surface area contributed by atoms with E-state index in [1.165, 1.54) is 31.2 Å². The molecule has 2 bridgehead atoms. The second-order valence-corrected chi connectivity index (χ2v) is 5.85. The highest BCUT2D eigenvalue weighted by Crippen LogP contribution is 2.36. The zero-order chi connectivity index (χ0) is 11.8. The number of piperidine rings is 1. The average molecular weight is 251 g/mol. The number of halogens is 1. The highest BCUT2D eigenvalue weighted by atomic mass is 35.5. The van der Waals surface area contributed by atoms with Crippen LogP contribution in [0.4, 0.5) is 0 Å². The molecule has 0 spiro atoms. The Labute approximate surface area is 108 Å². The van der Waals surface area contributed by atoms with Crippen LogP contribution in [0.2, 0.25) is 5.02 Å². The fourth-order valence-electron chi connectivity index (χ4n) is 3.38. The van der Waals surface area contributed by atoms with Gasteiger partial charge in [-0.25, -0.2) is 0 Å². The molecule has 0 aromatic heterocycles. The summed E-state index contributed by atoms with van der Waals surface area (Å²) in [5.74, 6) is 0. The third kappa shape index (κ3) is 2.35. The van der Waals surface area contributed by atoms with E-state index >= 15 is 0 Å². The smallest absolute Gasteiger partial charge is 0.0406 e. The van der Waals surface area contributed by atoms with Gasteiger partial charge in [0.2, 0.25) is 0 Å². The van der Waals surface area contributed by atoms with Crippen molar-refractivity contribution in [1.29, 1.82) is 0 Å². The topological polar surface area (TPSA) is 29.3 Å². The summed E-state index contributed by atoms with van der Waals surface area (Å²) < 4.78 is 0. The Hall–Kier alpha value is -0.570. The van der Waals surface area contributed by atoms with Gasteiger partial charge in [-0.15, -0.1) is 0 Å². The minimum absolute atomic E-state index is 0.425. The molecule has 2 aliphatic heterocycles. The molecule has 2 fully saturated rings. The summed E-state index contributed by atoms with van der Waals surface area (Å²) in [4.78, 5) is 2.65. The fourth-order valence-corrected chi connectivity index (χ4v) is 3.50. The molecule has 1 aromatic carbocycles. The predicted molar refractivity (Wildman–Crippen MR) is 71.0 cm³/mol. The molecule has 2 aliphatic rings. The van der Waals surface area contributed by atoms with E-state index in [1.54, 1.807) is 0 Å². The first-order chi connectivity index (χ1) is 8.22. The number of fused-ring (bicyclic) bond motifs is 2. The molecule has 17 heavy (non-hydrogen) atoms. The van der Waals surface area contributed by atoms with Crippen LogP contribution in [0.25, 0.3) is 0 Å². The number of nitrogens with two attached hydrogens (primary N) is 1. The molecule has 3 rings (SSSR count). The zero-order valence-electron chi connectivity index (χ0n) is 9.98. The van der Waals surface area contributed by atoms with Crippen molar-refractivity contribution in [2.75, 3.05) is 0 Å². The van der Waals surface area contributed by atoms with Crippen molar-refractivity contribution in [3.63, 3.8) is 0 Å². The monoisotopic (exact) mass is 250 g/mol. The highest BCUT2D eigenvalue weighted by Gasteiger charge is 2.39. The van der Waals surface area contributed by atoms with Crippen LogP contribution in [0.1, 0.15) is 31.2 Å². The van der Waals surface area contributed by atoms with Gasteiger partial charge in [-0.1, -0.05) is 23.7 Å². The number of hydrogen-bond acceptors (Lipinski definition) is 2. The summed E-state index contributed by atoms with van der Waals surface area (Å²) >= 11 is 5.91. The van der Waals surface area contributed by atoms with Gasteiger partial charge < -0.3 is 5.73 Å². The van der Waals surface area contributed by atoms with Gasteiger partial charge in [0.1, 0.15) is 0 Å². The van der Waals surface area contributed by atoms with E-state index in [4.69, 9.17) is 17.3 Å². The number of rotatable bonds is 2. The molecule has 3 atom stereocenters. The van der Waals surface area contributed by atoms with Gasteiger partial charge in [0.15, 0.2) is 0 Å². The maximum absolute atomic E-state index is 6.09. The van der Waals surface area contributed by atoms with E-state index in [2.05, 4.69) is 17.0 Å². The van der Waals surface area contributed by atoms with Gasteiger partial charge in [-0.2, -0.15) is 0 Å². The Bertz CT molecular complexity index is 376. The number of nitrogens with zero attached hydrogens (tertiary/aromatic N) is 1. The van der Waals surface area contributed by atoms with Crippen LogP contribution in [-0.4, -0.2) is 23.0 Å². The van der Waals surface area contributed by atoms with Gasteiger partial charge in [0.05, 0.1) is 0 Å². The molecule has 0 radical (unpaired) electrons. The molecule has 2 saturated heterocycles. The molecule has 2 N–H and O–H groups in total. The molecule has 0 saturated carbocycles. The molecular formula is C14H19ClN2. The summed E-state index contributed by atoms with van der Waals surface area (Å²) in [6.45, 7) is 1.05. The molecule has 0 amide bonds. The van der Waals surface area contributed by atoms with Gasteiger partial charge in [-0.3, -0.25) is 4.90 Å². The van der Waals surface area contributed by atoms with Crippen LogP contribution in [0.15, 0.2) is 24.3 Å². The lowest BCUT2D eigenvalue weighted by Gasteiger charge is -2.37. The molecule has 92 valence electrons. The average Bonchev–Trinajstić information content (AvgIpc) is 2.56. The van der Waals surface area contributed by atoms with E-state index in [-0.39, 0.29) is 0 Å². The van der Waals surface area contributed by atoms with Crippen LogP contribution in [-0.2, 0) is 6.54 Å². The third-order valence-corrected chi connectivity index (χ3v) is 4.45. The van der Waals surface area contributed by atoms with Crippen molar-refractivity contribution < 1.29 is 0 Å². The number of benzene rings is 1. The van der Waals surface area contributed by atoms with Crippen LogP contribution in [0.3, 0.4) is 0 Å². The minimum atomic E-state index is 0.425.